The number of para-hydroxylation sites is 1. The average Bonchev–Trinajstić information content (AvgIpc) is 2.43. The maximum atomic E-state index is 12.2. The van der Waals surface area contributed by atoms with Crippen molar-refractivity contribution in [2.24, 2.45) is 0 Å². The number of likely N-dealkylation sites (N-methyl/N-ethyl adjacent to an activating group) is 1. The summed E-state index contributed by atoms with van der Waals surface area (Å²) in [5.74, 6) is -0.133. The molecule has 0 saturated carbocycles. The molecule has 110 valence electrons. The minimum absolute atomic E-state index is 0. The molecule has 0 bridgehead atoms. The third kappa shape index (κ3) is 2.59. The lowest BCUT2D eigenvalue weighted by Gasteiger charge is -2.31. The summed E-state index contributed by atoms with van der Waals surface area (Å²) in [5.41, 5.74) is 2.56. The van der Waals surface area contributed by atoms with Gasteiger partial charge in [-0.15, -0.1) is 0 Å². The van der Waals surface area contributed by atoms with E-state index in [9.17, 15) is 9.59 Å². The standard InChI is InChI=1S/C16H20N2O2.2H2/c1-10(2)12-7-5-6-8-13(12)17-14-9-11(3)15(19)18(4)16(14)20;;/h5-8,10,14,17H,3,9H2,1-2,4H3;2*1H. The molecule has 1 aromatic carbocycles. The van der Waals surface area contributed by atoms with Crippen LogP contribution in [0.1, 0.15) is 34.6 Å². The van der Waals surface area contributed by atoms with Gasteiger partial charge in [-0.1, -0.05) is 38.6 Å². The SMILES string of the molecule is C=C1CC(Nc2ccccc2C(C)C)C(=O)N(C)C1=O.[HH].[HH]. The number of benzene rings is 1. The van der Waals surface area contributed by atoms with Crippen molar-refractivity contribution in [2.75, 3.05) is 12.4 Å². The van der Waals surface area contributed by atoms with Crippen LogP contribution in [0.25, 0.3) is 0 Å². The van der Waals surface area contributed by atoms with E-state index in [1.807, 2.05) is 24.3 Å². The van der Waals surface area contributed by atoms with E-state index < -0.39 is 6.04 Å². The summed E-state index contributed by atoms with van der Waals surface area (Å²) >= 11 is 0. The number of piperidine rings is 1. The Kier molecular flexibility index (Phi) is 3.93. The lowest BCUT2D eigenvalue weighted by molar-refractivity contribution is -0.143. The van der Waals surface area contributed by atoms with Crippen LogP contribution in [0.2, 0.25) is 0 Å². The Bertz CT molecular complexity index is 573. The molecule has 2 rings (SSSR count). The van der Waals surface area contributed by atoms with Crippen molar-refractivity contribution < 1.29 is 12.4 Å². The Balaban J connectivity index is 0.00000220. The van der Waals surface area contributed by atoms with Gasteiger partial charge in [-0.2, -0.15) is 0 Å². The van der Waals surface area contributed by atoms with Crippen LogP contribution in [0.3, 0.4) is 0 Å². The van der Waals surface area contributed by atoms with Crippen LogP contribution in [0.4, 0.5) is 5.69 Å². The van der Waals surface area contributed by atoms with Crippen LogP contribution in [0.5, 0.6) is 0 Å². The highest BCUT2D eigenvalue weighted by Crippen LogP contribution is 2.27. The minimum atomic E-state index is -0.426. The molecule has 1 heterocycles. The van der Waals surface area contributed by atoms with Crippen LogP contribution >= 0.6 is 0 Å². The monoisotopic (exact) mass is 276 g/mol. The summed E-state index contributed by atoms with van der Waals surface area (Å²) in [5, 5.41) is 3.26. The van der Waals surface area contributed by atoms with E-state index >= 15 is 0 Å². The summed E-state index contributed by atoms with van der Waals surface area (Å²) in [6, 6.07) is 7.50. The Hall–Kier alpha value is -2.10. The third-order valence-corrected chi connectivity index (χ3v) is 3.60. The predicted octanol–water partition coefficient (Wildman–Crippen LogP) is 3.03. The molecule has 1 fully saturated rings. The Morgan fingerprint density at radius 3 is 2.65 bits per heavy atom. The van der Waals surface area contributed by atoms with E-state index in [1.54, 1.807) is 0 Å². The van der Waals surface area contributed by atoms with Crippen LogP contribution in [0, 0.1) is 0 Å². The van der Waals surface area contributed by atoms with Crippen molar-refractivity contribution in [3.63, 3.8) is 0 Å². The molecule has 1 N–H and O–H groups in total. The van der Waals surface area contributed by atoms with Gasteiger partial charge in [-0.05, 0) is 17.5 Å². The molecule has 0 radical (unpaired) electrons. The second-order valence-corrected chi connectivity index (χ2v) is 5.45. The zero-order valence-corrected chi connectivity index (χ0v) is 12.1. The molecule has 1 atom stereocenters. The van der Waals surface area contributed by atoms with E-state index in [0.29, 0.717) is 17.9 Å². The topological polar surface area (TPSA) is 49.4 Å². The lowest BCUT2D eigenvalue weighted by atomic mass is 9.97. The molecule has 2 amide bonds. The van der Waals surface area contributed by atoms with Gasteiger partial charge in [0.25, 0.3) is 11.8 Å². The second kappa shape index (κ2) is 5.49. The zero-order valence-electron chi connectivity index (χ0n) is 12.1. The van der Waals surface area contributed by atoms with E-state index in [0.717, 1.165) is 16.2 Å². The van der Waals surface area contributed by atoms with Crippen molar-refractivity contribution in [3.05, 3.63) is 42.0 Å². The van der Waals surface area contributed by atoms with E-state index in [1.165, 1.54) is 7.05 Å². The fourth-order valence-corrected chi connectivity index (χ4v) is 2.42. The molecule has 4 heteroatoms. The highest BCUT2D eigenvalue weighted by molar-refractivity contribution is 6.09. The first kappa shape index (κ1) is 14.3. The normalized spacial score (nSPS) is 19.7. The smallest absolute Gasteiger partial charge is 0.255 e. The molecule has 4 nitrogen and oxygen atoms in total. The van der Waals surface area contributed by atoms with Crippen molar-refractivity contribution in [3.8, 4) is 0 Å². The number of imide groups is 1. The first-order valence-electron chi connectivity index (χ1n) is 6.77. The molecule has 1 saturated heterocycles. The van der Waals surface area contributed by atoms with Gasteiger partial charge in [0.05, 0.1) is 0 Å². The Morgan fingerprint density at radius 2 is 2.00 bits per heavy atom. The number of hydrogen-bond donors (Lipinski definition) is 1. The molecule has 0 aliphatic carbocycles. The third-order valence-electron chi connectivity index (χ3n) is 3.60. The second-order valence-electron chi connectivity index (χ2n) is 5.45. The number of carbonyl (C=O) groups is 2. The van der Waals surface area contributed by atoms with Crippen molar-refractivity contribution in [1.82, 2.24) is 4.90 Å². The number of rotatable bonds is 3. The molecule has 1 unspecified atom stereocenters. The lowest BCUT2D eigenvalue weighted by Crippen LogP contribution is -2.49. The fourth-order valence-electron chi connectivity index (χ4n) is 2.42. The molecule has 0 spiro atoms. The van der Waals surface area contributed by atoms with Gasteiger partial charge >= 0.3 is 0 Å². The van der Waals surface area contributed by atoms with Gasteiger partial charge in [0, 0.05) is 27.6 Å². The molecular weight excluding hydrogens is 252 g/mol. The first-order valence-corrected chi connectivity index (χ1v) is 6.77. The zero-order chi connectivity index (χ0) is 14.9. The fraction of sp³-hybridized carbons (Fsp3) is 0.375. The quantitative estimate of drug-likeness (QED) is 0.682. The molecule has 20 heavy (non-hydrogen) atoms. The van der Waals surface area contributed by atoms with Crippen LogP contribution in [-0.2, 0) is 9.59 Å². The summed E-state index contributed by atoms with van der Waals surface area (Å²) < 4.78 is 0. The molecule has 1 aliphatic heterocycles. The van der Waals surface area contributed by atoms with Crippen molar-refractivity contribution >= 4 is 17.5 Å². The summed E-state index contributed by atoms with van der Waals surface area (Å²) in [7, 11) is 1.50. The summed E-state index contributed by atoms with van der Waals surface area (Å²) in [4.78, 5) is 25.0. The van der Waals surface area contributed by atoms with E-state index in [2.05, 4.69) is 25.7 Å². The minimum Gasteiger partial charge on any atom is -0.373 e. The van der Waals surface area contributed by atoms with E-state index in [4.69, 9.17) is 0 Å². The van der Waals surface area contributed by atoms with Gasteiger partial charge in [-0.25, -0.2) is 0 Å². The van der Waals surface area contributed by atoms with Crippen LogP contribution < -0.4 is 5.32 Å². The van der Waals surface area contributed by atoms with Gasteiger partial charge in [0.15, 0.2) is 0 Å². The number of anilines is 1. The molecule has 1 aromatic rings. The predicted molar refractivity (Wildman–Crippen MR) is 83.7 cm³/mol. The maximum absolute atomic E-state index is 12.2. The highest BCUT2D eigenvalue weighted by Gasteiger charge is 2.34. The first-order chi connectivity index (χ1) is 9.41. The Morgan fingerprint density at radius 1 is 1.35 bits per heavy atom. The van der Waals surface area contributed by atoms with Gasteiger partial charge < -0.3 is 5.32 Å². The highest BCUT2D eigenvalue weighted by atomic mass is 16.2. The van der Waals surface area contributed by atoms with E-state index in [-0.39, 0.29) is 14.7 Å². The van der Waals surface area contributed by atoms with Crippen LogP contribution in [0.15, 0.2) is 36.4 Å². The largest absolute Gasteiger partial charge is 0.373 e. The maximum Gasteiger partial charge on any atom is 0.255 e. The summed E-state index contributed by atoms with van der Waals surface area (Å²) in [6.45, 7) is 7.96. The van der Waals surface area contributed by atoms with Crippen molar-refractivity contribution in [1.29, 1.82) is 0 Å². The number of likely N-dealkylation sites (tertiary alicyclic amines) is 1. The van der Waals surface area contributed by atoms with Gasteiger partial charge in [0.1, 0.15) is 6.04 Å². The number of nitrogens with one attached hydrogen (secondary N) is 1. The average molecular weight is 276 g/mol. The summed E-state index contributed by atoms with van der Waals surface area (Å²) in [6.07, 6.45) is 0.356. The van der Waals surface area contributed by atoms with Crippen molar-refractivity contribution in [2.45, 2.75) is 32.2 Å². The molecular formula is C16H24N2O2. The molecule has 0 aromatic heterocycles. The van der Waals surface area contributed by atoms with Gasteiger partial charge in [-0.3, -0.25) is 14.5 Å². The Labute approximate surface area is 122 Å². The number of nitrogens with zero attached hydrogens (tertiary/aromatic N) is 1. The van der Waals surface area contributed by atoms with Gasteiger partial charge in [0.2, 0.25) is 0 Å². The molecule has 1 aliphatic rings. The number of carbonyl (C=O) groups excluding carboxylic acids is 2. The van der Waals surface area contributed by atoms with Crippen LogP contribution in [-0.4, -0.2) is 29.8 Å². The number of amides is 2. The number of hydrogen-bond acceptors (Lipinski definition) is 3.